The second-order valence-corrected chi connectivity index (χ2v) is 5.64. The van der Waals surface area contributed by atoms with E-state index in [1.165, 1.54) is 0 Å². The van der Waals surface area contributed by atoms with E-state index in [0.29, 0.717) is 11.1 Å². The lowest BCUT2D eigenvalue weighted by Crippen LogP contribution is -2.49. The van der Waals surface area contributed by atoms with Crippen molar-refractivity contribution >= 4 is 33.3 Å². The van der Waals surface area contributed by atoms with E-state index in [0.717, 1.165) is 29.9 Å². The van der Waals surface area contributed by atoms with Crippen molar-refractivity contribution in [3.63, 3.8) is 0 Å². The second kappa shape index (κ2) is 5.55. The fraction of sp³-hybridized carbons (Fsp3) is 0.583. The highest BCUT2D eigenvalue weighted by Gasteiger charge is 2.27. The highest BCUT2D eigenvalue weighted by molar-refractivity contribution is 9.10. The number of halogens is 2. The number of ether oxygens (including phenoxy) is 1. The summed E-state index contributed by atoms with van der Waals surface area (Å²) in [5.74, 6) is 0.858. The summed E-state index contributed by atoms with van der Waals surface area (Å²) in [6, 6.07) is 2.24. The molecule has 2 heterocycles. The fourth-order valence-corrected chi connectivity index (χ4v) is 2.80. The van der Waals surface area contributed by atoms with E-state index in [-0.39, 0.29) is 6.10 Å². The normalized spacial score (nSPS) is 25.1. The molecule has 0 spiro atoms. The van der Waals surface area contributed by atoms with Crippen LogP contribution in [0.3, 0.4) is 0 Å². The molecule has 1 aromatic heterocycles. The molecule has 0 bridgehead atoms. The standard InChI is InChI=1S/C12H16BrClN2O/c1-3-10-7-17-8(2)6-16(10)12-11(14)4-9(13)5-15-12/h4-5,8,10H,3,6-7H2,1-2H3. The molecule has 17 heavy (non-hydrogen) atoms. The van der Waals surface area contributed by atoms with Gasteiger partial charge in [0.25, 0.3) is 0 Å². The maximum absolute atomic E-state index is 6.26. The van der Waals surface area contributed by atoms with Crippen LogP contribution in [0, 0.1) is 0 Å². The highest BCUT2D eigenvalue weighted by atomic mass is 79.9. The molecule has 1 fully saturated rings. The molecular weight excluding hydrogens is 304 g/mol. The van der Waals surface area contributed by atoms with E-state index in [1.54, 1.807) is 6.20 Å². The third-order valence-corrected chi connectivity index (χ3v) is 3.71. The summed E-state index contributed by atoms with van der Waals surface area (Å²) in [7, 11) is 0. The smallest absolute Gasteiger partial charge is 0.147 e. The molecule has 0 aromatic carbocycles. The SMILES string of the molecule is CCC1COC(C)CN1c1ncc(Br)cc1Cl. The summed E-state index contributed by atoms with van der Waals surface area (Å²) in [6.45, 7) is 5.81. The van der Waals surface area contributed by atoms with Gasteiger partial charge in [-0.15, -0.1) is 0 Å². The average molecular weight is 320 g/mol. The Morgan fingerprint density at radius 3 is 3.06 bits per heavy atom. The number of morpholine rings is 1. The Labute approximate surface area is 115 Å². The van der Waals surface area contributed by atoms with Crippen molar-refractivity contribution in [2.45, 2.75) is 32.4 Å². The molecule has 2 unspecified atom stereocenters. The van der Waals surface area contributed by atoms with Gasteiger partial charge < -0.3 is 9.64 Å². The predicted octanol–water partition coefficient (Wildman–Crippen LogP) is 3.50. The molecule has 0 N–H and O–H groups in total. The predicted molar refractivity (Wildman–Crippen MR) is 73.8 cm³/mol. The van der Waals surface area contributed by atoms with Gasteiger partial charge in [0, 0.05) is 17.2 Å². The molecular formula is C12H16BrClN2O. The number of pyridine rings is 1. The molecule has 1 aliphatic heterocycles. The van der Waals surface area contributed by atoms with Crippen LogP contribution in [0.5, 0.6) is 0 Å². The summed E-state index contributed by atoms with van der Waals surface area (Å²) in [4.78, 5) is 6.68. The van der Waals surface area contributed by atoms with Gasteiger partial charge in [-0.1, -0.05) is 18.5 Å². The van der Waals surface area contributed by atoms with Gasteiger partial charge in [-0.05, 0) is 35.3 Å². The van der Waals surface area contributed by atoms with Crippen molar-refractivity contribution in [1.29, 1.82) is 0 Å². The van der Waals surface area contributed by atoms with Gasteiger partial charge >= 0.3 is 0 Å². The van der Waals surface area contributed by atoms with Crippen molar-refractivity contribution in [1.82, 2.24) is 4.98 Å². The molecule has 2 rings (SSSR count). The quantitative estimate of drug-likeness (QED) is 0.834. The third kappa shape index (κ3) is 2.92. The number of hydrogen-bond donors (Lipinski definition) is 0. The third-order valence-electron chi connectivity index (χ3n) is 3.00. The lowest BCUT2D eigenvalue weighted by Gasteiger charge is -2.39. The van der Waals surface area contributed by atoms with Crippen LogP contribution in [0.15, 0.2) is 16.7 Å². The van der Waals surface area contributed by atoms with Crippen molar-refractivity contribution in [3.8, 4) is 0 Å². The Morgan fingerprint density at radius 1 is 1.65 bits per heavy atom. The van der Waals surface area contributed by atoms with Crippen LogP contribution in [-0.4, -0.2) is 30.3 Å². The molecule has 2 atom stereocenters. The van der Waals surface area contributed by atoms with E-state index < -0.39 is 0 Å². The zero-order valence-electron chi connectivity index (χ0n) is 9.99. The lowest BCUT2D eigenvalue weighted by atomic mass is 10.1. The first-order chi connectivity index (χ1) is 8.11. The van der Waals surface area contributed by atoms with Crippen LogP contribution in [0.25, 0.3) is 0 Å². The van der Waals surface area contributed by atoms with Crippen LogP contribution < -0.4 is 4.90 Å². The number of rotatable bonds is 2. The molecule has 0 radical (unpaired) electrons. The minimum absolute atomic E-state index is 0.222. The zero-order valence-corrected chi connectivity index (χ0v) is 12.3. The summed E-state index contributed by atoms with van der Waals surface area (Å²) in [6.07, 6.45) is 3.04. The summed E-state index contributed by atoms with van der Waals surface area (Å²) in [5, 5.41) is 0.687. The van der Waals surface area contributed by atoms with Crippen LogP contribution >= 0.6 is 27.5 Å². The van der Waals surface area contributed by atoms with Crippen LogP contribution in [0.1, 0.15) is 20.3 Å². The van der Waals surface area contributed by atoms with Gasteiger partial charge in [-0.2, -0.15) is 0 Å². The van der Waals surface area contributed by atoms with E-state index in [2.05, 4.69) is 39.7 Å². The molecule has 1 saturated heterocycles. The molecule has 94 valence electrons. The van der Waals surface area contributed by atoms with E-state index in [9.17, 15) is 0 Å². The fourth-order valence-electron chi connectivity index (χ4n) is 2.06. The van der Waals surface area contributed by atoms with Crippen molar-refractivity contribution in [2.24, 2.45) is 0 Å². The molecule has 5 heteroatoms. The zero-order chi connectivity index (χ0) is 12.4. The minimum atomic E-state index is 0.222. The molecule has 3 nitrogen and oxygen atoms in total. The largest absolute Gasteiger partial charge is 0.375 e. The molecule has 0 aliphatic carbocycles. The van der Waals surface area contributed by atoms with Gasteiger partial charge in [0.05, 0.1) is 23.8 Å². The Kier molecular flexibility index (Phi) is 4.28. The van der Waals surface area contributed by atoms with Crippen LogP contribution in [0.2, 0.25) is 5.02 Å². The lowest BCUT2D eigenvalue weighted by molar-refractivity contribution is 0.0296. The molecule has 0 saturated carbocycles. The molecule has 1 aromatic rings. The summed E-state index contributed by atoms with van der Waals surface area (Å²) < 4.78 is 6.58. The van der Waals surface area contributed by atoms with E-state index in [4.69, 9.17) is 16.3 Å². The van der Waals surface area contributed by atoms with E-state index >= 15 is 0 Å². The van der Waals surface area contributed by atoms with Gasteiger partial charge in [0.1, 0.15) is 5.82 Å². The monoisotopic (exact) mass is 318 g/mol. The van der Waals surface area contributed by atoms with Crippen molar-refractivity contribution in [2.75, 3.05) is 18.1 Å². The number of hydrogen-bond acceptors (Lipinski definition) is 3. The Balaban J connectivity index is 2.28. The minimum Gasteiger partial charge on any atom is -0.375 e. The first kappa shape index (κ1) is 13.1. The van der Waals surface area contributed by atoms with E-state index in [1.807, 2.05) is 6.07 Å². The van der Waals surface area contributed by atoms with Gasteiger partial charge in [0.2, 0.25) is 0 Å². The number of nitrogens with zero attached hydrogens (tertiary/aromatic N) is 2. The summed E-state index contributed by atoms with van der Waals surface area (Å²) >= 11 is 9.63. The van der Waals surface area contributed by atoms with Gasteiger partial charge in [-0.3, -0.25) is 0 Å². The van der Waals surface area contributed by atoms with Gasteiger partial charge in [-0.25, -0.2) is 4.98 Å². The topological polar surface area (TPSA) is 25.4 Å². The van der Waals surface area contributed by atoms with Crippen LogP contribution in [0.4, 0.5) is 5.82 Å². The first-order valence-corrected chi connectivity index (χ1v) is 6.98. The van der Waals surface area contributed by atoms with Crippen molar-refractivity contribution in [3.05, 3.63) is 21.8 Å². The summed E-state index contributed by atoms with van der Waals surface area (Å²) in [5.41, 5.74) is 0. The van der Waals surface area contributed by atoms with Crippen LogP contribution in [-0.2, 0) is 4.74 Å². The maximum Gasteiger partial charge on any atom is 0.147 e. The Bertz CT molecular complexity index is 402. The molecule has 1 aliphatic rings. The Morgan fingerprint density at radius 2 is 2.41 bits per heavy atom. The maximum atomic E-state index is 6.26. The van der Waals surface area contributed by atoms with Crippen molar-refractivity contribution < 1.29 is 4.74 Å². The Hall–Kier alpha value is -0.320. The number of aromatic nitrogens is 1. The van der Waals surface area contributed by atoms with Gasteiger partial charge in [0.15, 0.2) is 0 Å². The highest BCUT2D eigenvalue weighted by Crippen LogP contribution is 2.30. The average Bonchev–Trinajstić information content (AvgIpc) is 2.29. The first-order valence-electron chi connectivity index (χ1n) is 5.81. The second-order valence-electron chi connectivity index (χ2n) is 4.32. The molecule has 0 amide bonds. The number of anilines is 1.